The Balaban J connectivity index is 2.60. The van der Waals surface area contributed by atoms with E-state index in [0.717, 1.165) is 11.1 Å². The zero-order valence-corrected chi connectivity index (χ0v) is 7.24. The van der Waals surface area contributed by atoms with Crippen LogP contribution in [0.5, 0.6) is 0 Å². The van der Waals surface area contributed by atoms with Gasteiger partial charge in [0.25, 0.3) is 0 Å². The summed E-state index contributed by atoms with van der Waals surface area (Å²) in [5.74, 6) is 0.547. The number of aromatic nitrogens is 1. The fourth-order valence-corrected chi connectivity index (χ4v) is 1.23. The molecule has 0 atom stereocenters. The first-order valence-electron chi connectivity index (χ1n) is 4.10. The third kappa shape index (κ3) is 1.09. The lowest BCUT2D eigenvalue weighted by Gasteiger charge is -2.02. The standard InChI is InChI=1S/C10H11NO/c1-7(2)8-3-4-10-9(5-8)11-6-12-10/h3-7H,1-2H3. The number of hydrogen-bond acceptors (Lipinski definition) is 2. The Kier molecular flexibility index (Phi) is 1.61. The first-order valence-corrected chi connectivity index (χ1v) is 4.10. The van der Waals surface area contributed by atoms with Gasteiger partial charge in [-0.05, 0) is 23.6 Å². The summed E-state index contributed by atoms with van der Waals surface area (Å²) < 4.78 is 5.14. The van der Waals surface area contributed by atoms with Crippen LogP contribution in [-0.4, -0.2) is 4.98 Å². The van der Waals surface area contributed by atoms with Gasteiger partial charge in [0.2, 0.25) is 0 Å². The molecule has 2 nitrogen and oxygen atoms in total. The maximum absolute atomic E-state index is 5.14. The SMILES string of the molecule is CC(C)c1ccc2ocnc2c1. The number of rotatable bonds is 1. The second-order valence-electron chi connectivity index (χ2n) is 3.23. The lowest BCUT2D eigenvalue weighted by molar-refractivity contribution is 0.602. The Bertz CT molecular complexity index is 389. The third-order valence-electron chi connectivity index (χ3n) is 2.02. The largest absolute Gasteiger partial charge is 0.443 e. The zero-order valence-electron chi connectivity index (χ0n) is 7.24. The minimum absolute atomic E-state index is 0.547. The van der Waals surface area contributed by atoms with E-state index < -0.39 is 0 Å². The van der Waals surface area contributed by atoms with Crippen LogP contribution in [0, 0.1) is 0 Å². The molecule has 0 aliphatic rings. The molecule has 0 radical (unpaired) electrons. The molecule has 1 aromatic carbocycles. The van der Waals surface area contributed by atoms with Gasteiger partial charge in [0, 0.05) is 0 Å². The summed E-state index contributed by atoms with van der Waals surface area (Å²) in [4.78, 5) is 4.10. The van der Waals surface area contributed by atoms with Crippen LogP contribution < -0.4 is 0 Å². The monoisotopic (exact) mass is 161 g/mol. The Morgan fingerprint density at radius 3 is 2.92 bits per heavy atom. The second-order valence-corrected chi connectivity index (χ2v) is 3.23. The molecule has 0 saturated heterocycles. The van der Waals surface area contributed by atoms with E-state index in [1.54, 1.807) is 0 Å². The first-order chi connectivity index (χ1) is 5.77. The summed E-state index contributed by atoms with van der Waals surface area (Å²) in [7, 11) is 0. The minimum atomic E-state index is 0.547. The van der Waals surface area contributed by atoms with E-state index in [2.05, 4.69) is 31.0 Å². The third-order valence-corrected chi connectivity index (χ3v) is 2.02. The molecule has 1 aromatic heterocycles. The maximum Gasteiger partial charge on any atom is 0.181 e. The maximum atomic E-state index is 5.14. The average molecular weight is 161 g/mol. The molecule has 0 spiro atoms. The van der Waals surface area contributed by atoms with Gasteiger partial charge in [0.05, 0.1) is 0 Å². The molecule has 0 aliphatic heterocycles. The number of hydrogen-bond donors (Lipinski definition) is 0. The molecule has 1 heterocycles. The van der Waals surface area contributed by atoms with Crippen molar-refractivity contribution >= 4 is 11.1 Å². The van der Waals surface area contributed by atoms with Crippen molar-refractivity contribution in [2.75, 3.05) is 0 Å². The summed E-state index contributed by atoms with van der Waals surface area (Å²) in [5, 5.41) is 0. The van der Waals surface area contributed by atoms with Gasteiger partial charge in [-0.15, -0.1) is 0 Å². The molecule has 12 heavy (non-hydrogen) atoms. The summed E-state index contributed by atoms with van der Waals surface area (Å²) in [5.41, 5.74) is 3.11. The first kappa shape index (κ1) is 7.35. The van der Waals surface area contributed by atoms with Crippen LogP contribution in [0.1, 0.15) is 25.3 Å². The predicted molar refractivity (Wildman–Crippen MR) is 48.1 cm³/mol. The topological polar surface area (TPSA) is 26.0 Å². The van der Waals surface area contributed by atoms with Crippen molar-refractivity contribution in [3.05, 3.63) is 30.2 Å². The van der Waals surface area contributed by atoms with E-state index in [1.807, 2.05) is 6.07 Å². The normalized spacial score (nSPS) is 11.2. The lowest BCUT2D eigenvalue weighted by atomic mass is 10.0. The molecule has 0 amide bonds. The van der Waals surface area contributed by atoms with Gasteiger partial charge in [0.15, 0.2) is 12.0 Å². The van der Waals surface area contributed by atoms with Crippen molar-refractivity contribution in [3.8, 4) is 0 Å². The smallest absolute Gasteiger partial charge is 0.181 e. The molecule has 0 aliphatic carbocycles. The molecule has 0 N–H and O–H groups in total. The van der Waals surface area contributed by atoms with Crippen molar-refractivity contribution in [2.45, 2.75) is 19.8 Å². The van der Waals surface area contributed by atoms with E-state index in [0.29, 0.717) is 5.92 Å². The Morgan fingerprint density at radius 2 is 2.17 bits per heavy atom. The van der Waals surface area contributed by atoms with Crippen molar-refractivity contribution in [3.63, 3.8) is 0 Å². The van der Waals surface area contributed by atoms with Gasteiger partial charge in [-0.3, -0.25) is 0 Å². The summed E-state index contributed by atoms with van der Waals surface area (Å²) in [6, 6.07) is 6.12. The van der Waals surface area contributed by atoms with Gasteiger partial charge < -0.3 is 4.42 Å². The highest BCUT2D eigenvalue weighted by molar-refractivity contribution is 5.72. The van der Waals surface area contributed by atoms with Gasteiger partial charge in [-0.2, -0.15) is 0 Å². The molecule has 2 aromatic rings. The highest BCUT2D eigenvalue weighted by Gasteiger charge is 2.02. The molecule has 2 heteroatoms. The van der Waals surface area contributed by atoms with Gasteiger partial charge in [-0.1, -0.05) is 19.9 Å². The number of nitrogens with zero attached hydrogens (tertiary/aromatic N) is 1. The van der Waals surface area contributed by atoms with Crippen molar-refractivity contribution in [2.24, 2.45) is 0 Å². The Hall–Kier alpha value is -1.31. The molecular formula is C10H11NO. The fourth-order valence-electron chi connectivity index (χ4n) is 1.23. The van der Waals surface area contributed by atoms with Gasteiger partial charge in [-0.25, -0.2) is 4.98 Å². The van der Waals surface area contributed by atoms with Crippen molar-refractivity contribution in [1.29, 1.82) is 0 Å². The molecule has 0 saturated carbocycles. The van der Waals surface area contributed by atoms with Crippen LogP contribution >= 0.6 is 0 Å². The summed E-state index contributed by atoms with van der Waals surface area (Å²) in [6.07, 6.45) is 1.48. The molecule has 0 fully saturated rings. The van der Waals surface area contributed by atoms with Crippen LogP contribution in [-0.2, 0) is 0 Å². The predicted octanol–water partition coefficient (Wildman–Crippen LogP) is 2.95. The van der Waals surface area contributed by atoms with E-state index >= 15 is 0 Å². The van der Waals surface area contributed by atoms with Crippen LogP contribution in [0.25, 0.3) is 11.1 Å². The van der Waals surface area contributed by atoms with E-state index in [9.17, 15) is 0 Å². The van der Waals surface area contributed by atoms with Gasteiger partial charge >= 0.3 is 0 Å². The fraction of sp³-hybridized carbons (Fsp3) is 0.300. The van der Waals surface area contributed by atoms with Crippen molar-refractivity contribution < 1.29 is 4.42 Å². The van der Waals surface area contributed by atoms with Crippen molar-refractivity contribution in [1.82, 2.24) is 4.98 Å². The molecule has 62 valence electrons. The lowest BCUT2D eigenvalue weighted by Crippen LogP contribution is -1.85. The quantitative estimate of drug-likeness (QED) is 0.642. The van der Waals surface area contributed by atoms with E-state index in [1.165, 1.54) is 12.0 Å². The Morgan fingerprint density at radius 1 is 1.33 bits per heavy atom. The average Bonchev–Trinajstić information content (AvgIpc) is 2.49. The van der Waals surface area contributed by atoms with Crippen LogP contribution in [0.2, 0.25) is 0 Å². The molecule has 0 unspecified atom stereocenters. The van der Waals surface area contributed by atoms with Crippen LogP contribution in [0.4, 0.5) is 0 Å². The highest BCUT2D eigenvalue weighted by atomic mass is 16.3. The van der Waals surface area contributed by atoms with E-state index in [4.69, 9.17) is 4.42 Å². The van der Waals surface area contributed by atoms with Gasteiger partial charge in [0.1, 0.15) is 5.52 Å². The van der Waals surface area contributed by atoms with E-state index in [-0.39, 0.29) is 0 Å². The van der Waals surface area contributed by atoms with Crippen LogP contribution in [0.3, 0.4) is 0 Å². The molecular weight excluding hydrogens is 150 g/mol. The minimum Gasteiger partial charge on any atom is -0.443 e. The zero-order chi connectivity index (χ0) is 8.55. The number of fused-ring (bicyclic) bond motifs is 1. The summed E-state index contributed by atoms with van der Waals surface area (Å²) >= 11 is 0. The summed E-state index contributed by atoms with van der Waals surface area (Å²) in [6.45, 7) is 4.34. The Labute approximate surface area is 71.2 Å². The number of benzene rings is 1. The van der Waals surface area contributed by atoms with Crippen LogP contribution in [0.15, 0.2) is 29.0 Å². The second kappa shape index (κ2) is 2.63. The molecule has 2 rings (SSSR count). The highest BCUT2D eigenvalue weighted by Crippen LogP contribution is 2.19. The number of oxazole rings is 1. The molecule has 0 bridgehead atoms.